The van der Waals surface area contributed by atoms with Crippen LogP contribution in [-0.4, -0.2) is 13.6 Å². The highest BCUT2D eigenvalue weighted by atomic mass is 14.8. The van der Waals surface area contributed by atoms with Crippen molar-refractivity contribution in [3.05, 3.63) is 42.5 Å². The van der Waals surface area contributed by atoms with Crippen LogP contribution in [0.5, 0.6) is 0 Å². The third kappa shape index (κ3) is 3.43. The normalized spacial score (nSPS) is 9.92. The van der Waals surface area contributed by atoms with Gasteiger partial charge in [-0.2, -0.15) is 0 Å². The number of nitrogens with one attached hydrogen (secondary N) is 1. The average molecular weight is 175 g/mol. The number of hydrogen-bond acceptors (Lipinski definition) is 1. The highest BCUT2D eigenvalue weighted by Gasteiger charge is 1.96. The molecule has 0 bridgehead atoms. The lowest BCUT2D eigenvalue weighted by Crippen LogP contribution is -2.07. The van der Waals surface area contributed by atoms with E-state index in [1.165, 1.54) is 11.1 Å². The van der Waals surface area contributed by atoms with Gasteiger partial charge in [0.25, 0.3) is 0 Å². The van der Waals surface area contributed by atoms with Crippen LogP contribution in [0.15, 0.2) is 36.9 Å². The van der Waals surface area contributed by atoms with E-state index in [0.717, 1.165) is 19.4 Å². The molecule has 0 saturated carbocycles. The van der Waals surface area contributed by atoms with E-state index in [1.54, 1.807) is 0 Å². The topological polar surface area (TPSA) is 12.0 Å². The fraction of sp³-hybridized carbons (Fsp3) is 0.333. The molecule has 1 nitrogen and oxygen atoms in total. The van der Waals surface area contributed by atoms with Gasteiger partial charge in [0.05, 0.1) is 0 Å². The zero-order chi connectivity index (χ0) is 9.52. The molecule has 0 radical (unpaired) electrons. The lowest BCUT2D eigenvalue weighted by atomic mass is 10.0. The molecule has 0 aromatic heterocycles. The zero-order valence-electron chi connectivity index (χ0n) is 8.22. The van der Waals surface area contributed by atoms with E-state index >= 15 is 0 Å². The van der Waals surface area contributed by atoms with Gasteiger partial charge in [0.1, 0.15) is 0 Å². The first-order valence-electron chi connectivity index (χ1n) is 4.72. The second-order valence-electron chi connectivity index (χ2n) is 3.18. The summed E-state index contributed by atoms with van der Waals surface area (Å²) in [5.74, 6) is 0. The first-order chi connectivity index (χ1) is 6.34. The Morgan fingerprint density at radius 3 is 2.62 bits per heavy atom. The molecule has 13 heavy (non-hydrogen) atoms. The molecule has 0 unspecified atom stereocenters. The predicted molar refractivity (Wildman–Crippen MR) is 58.6 cm³/mol. The van der Waals surface area contributed by atoms with Gasteiger partial charge in [-0.05, 0) is 37.6 Å². The van der Waals surface area contributed by atoms with Gasteiger partial charge in [0.2, 0.25) is 0 Å². The molecule has 0 heterocycles. The quantitative estimate of drug-likeness (QED) is 0.678. The van der Waals surface area contributed by atoms with E-state index in [4.69, 9.17) is 0 Å². The molecule has 1 heteroatoms. The number of allylic oxidation sites excluding steroid dienone is 1. The van der Waals surface area contributed by atoms with Crippen molar-refractivity contribution < 1.29 is 0 Å². The summed E-state index contributed by atoms with van der Waals surface area (Å²) in [6.07, 6.45) is 2.23. The van der Waals surface area contributed by atoms with E-state index in [-0.39, 0.29) is 0 Å². The maximum absolute atomic E-state index is 4.07. The first kappa shape index (κ1) is 10.0. The Morgan fingerprint density at radius 2 is 2.00 bits per heavy atom. The summed E-state index contributed by atoms with van der Waals surface area (Å²) in [7, 11) is 1.98. The molecular weight excluding hydrogens is 158 g/mol. The maximum Gasteiger partial charge on any atom is -0.00488 e. The molecule has 0 aliphatic heterocycles. The van der Waals surface area contributed by atoms with Gasteiger partial charge in [-0.25, -0.2) is 0 Å². The van der Waals surface area contributed by atoms with Crippen LogP contribution in [0.25, 0.3) is 5.57 Å². The minimum atomic E-state index is 1.06. The lowest BCUT2D eigenvalue weighted by Gasteiger charge is -2.04. The molecule has 1 aromatic rings. The van der Waals surface area contributed by atoms with Gasteiger partial charge in [-0.15, -0.1) is 0 Å². The molecular formula is C12H17N. The maximum atomic E-state index is 4.07. The summed E-state index contributed by atoms with van der Waals surface area (Å²) in [6, 6.07) is 10.4. The zero-order valence-corrected chi connectivity index (χ0v) is 8.22. The van der Waals surface area contributed by atoms with Crippen molar-refractivity contribution in [3.8, 4) is 0 Å². The van der Waals surface area contributed by atoms with Gasteiger partial charge in [0.15, 0.2) is 0 Å². The van der Waals surface area contributed by atoms with Crippen molar-refractivity contribution in [2.75, 3.05) is 13.6 Å². The van der Waals surface area contributed by atoms with E-state index in [0.29, 0.717) is 0 Å². The number of benzene rings is 1. The third-order valence-corrected chi connectivity index (χ3v) is 2.09. The van der Waals surface area contributed by atoms with Crippen molar-refractivity contribution in [1.82, 2.24) is 5.32 Å². The second kappa shape index (κ2) is 5.55. The van der Waals surface area contributed by atoms with Crippen LogP contribution in [0.3, 0.4) is 0 Å². The summed E-state index contributed by atoms with van der Waals surface area (Å²) >= 11 is 0. The van der Waals surface area contributed by atoms with Crippen molar-refractivity contribution in [3.63, 3.8) is 0 Å². The van der Waals surface area contributed by atoms with Gasteiger partial charge >= 0.3 is 0 Å². The third-order valence-electron chi connectivity index (χ3n) is 2.09. The second-order valence-corrected chi connectivity index (χ2v) is 3.18. The van der Waals surface area contributed by atoms with E-state index in [9.17, 15) is 0 Å². The van der Waals surface area contributed by atoms with Crippen LogP contribution in [-0.2, 0) is 0 Å². The first-order valence-corrected chi connectivity index (χ1v) is 4.72. The van der Waals surface area contributed by atoms with Crippen molar-refractivity contribution >= 4 is 5.57 Å². The van der Waals surface area contributed by atoms with Gasteiger partial charge in [0, 0.05) is 0 Å². The Bertz CT molecular complexity index is 251. The van der Waals surface area contributed by atoms with Crippen molar-refractivity contribution in [1.29, 1.82) is 0 Å². The highest BCUT2D eigenvalue weighted by molar-refractivity contribution is 5.62. The van der Waals surface area contributed by atoms with Crippen LogP contribution >= 0.6 is 0 Å². The van der Waals surface area contributed by atoms with Crippen LogP contribution in [0, 0.1) is 0 Å². The Labute approximate surface area is 80.5 Å². The highest BCUT2D eigenvalue weighted by Crippen LogP contribution is 2.16. The molecule has 1 rings (SSSR count). The summed E-state index contributed by atoms with van der Waals surface area (Å²) in [6.45, 7) is 5.13. The number of rotatable bonds is 5. The Morgan fingerprint density at radius 1 is 1.31 bits per heavy atom. The molecule has 0 amide bonds. The monoisotopic (exact) mass is 175 g/mol. The predicted octanol–water partition coefficient (Wildman–Crippen LogP) is 2.70. The molecule has 0 spiro atoms. The SMILES string of the molecule is C=C(CCCNC)c1ccccc1. The molecule has 0 saturated heterocycles. The number of hydrogen-bond donors (Lipinski definition) is 1. The molecule has 0 atom stereocenters. The van der Waals surface area contributed by atoms with Crippen molar-refractivity contribution in [2.45, 2.75) is 12.8 Å². The summed E-state index contributed by atoms with van der Waals surface area (Å²) < 4.78 is 0. The van der Waals surface area contributed by atoms with Crippen molar-refractivity contribution in [2.24, 2.45) is 0 Å². The van der Waals surface area contributed by atoms with Gasteiger partial charge in [-0.1, -0.05) is 36.9 Å². The molecule has 1 aromatic carbocycles. The molecule has 0 aliphatic carbocycles. The Balaban J connectivity index is 2.40. The standard InChI is InChI=1S/C12H17N/c1-11(7-6-10-13-2)12-8-4-3-5-9-12/h3-5,8-9,13H,1,6-7,10H2,2H3. The fourth-order valence-corrected chi connectivity index (χ4v) is 1.30. The Kier molecular flexibility index (Phi) is 4.27. The smallest absolute Gasteiger partial charge is 0.00488 e. The summed E-state index contributed by atoms with van der Waals surface area (Å²) in [4.78, 5) is 0. The van der Waals surface area contributed by atoms with Gasteiger partial charge < -0.3 is 5.32 Å². The van der Waals surface area contributed by atoms with Crippen LogP contribution in [0.1, 0.15) is 18.4 Å². The summed E-state index contributed by atoms with van der Waals surface area (Å²) in [5.41, 5.74) is 2.49. The van der Waals surface area contributed by atoms with Crippen LogP contribution in [0.2, 0.25) is 0 Å². The van der Waals surface area contributed by atoms with Crippen LogP contribution < -0.4 is 5.32 Å². The molecule has 0 aliphatic rings. The molecule has 70 valence electrons. The molecule has 0 fully saturated rings. The van der Waals surface area contributed by atoms with E-state index in [2.05, 4.69) is 36.2 Å². The Hall–Kier alpha value is -1.08. The summed E-state index contributed by atoms with van der Waals surface area (Å²) in [5, 5.41) is 3.13. The minimum Gasteiger partial charge on any atom is -0.320 e. The molecule has 1 N–H and O–H groups in total. The average Bonchev–Trinajstić information content (AvgIpc) is 2.19. The fourth-order valence-electron chi connectivity index (χ4n) is 1.30. The van der Waals surface area contributed by atoms with E-state index in [1.807, 2.05) is 13.1 Å². The largest absolute Gasteiger partial charge is 0.320 e. The lowest BCUT2D eigenvalue weighted by molar-refractivity contribution is 0.741. The minimum absolute atomic E-state index is 1.06. The van der Waals surface area contributed by atoms with Crippen LogP contribution in [0.4, 0.5) is 0 Å². The van der Waals surface area contributed by atoms with E-state index < -0.39 is 0 Å². The van der Waals surface area contributed by atoms with Gasteiger partial charge in [-0.3, -0.25) is 0 Å².